The minimum atomic E-state index is -4.17. The average molecular weight is 427 g/mol. The molecule has 0 rings (SSSR count). The molecule has 0 aliphatic rings. The van der Waals surface area contributed by atoms with Crippen LogP contribution in [0.25, 0.3) is 0 Å². The van der Waals surface area contributed by atoms with Gasteiger partial charge in [0.05, 0.1) is 12.4 Å². The standard InChI is InChI=1S/C16H29NO10S/c1-5-8-25-15(22)26-10-12(16(3,4)13(19)14(20)21)27-28(23,24)9-6-7-17-11(2)18/h12-13,19H,5-10H2,1-4H3,(H,17,18)(H,20,21)/t12?,13-/m0/s1. The molecule has 0 saturated carbocycles. The summed E-state index contributed by atoms with van der Waals surface area (Å²) < 4.78 is 39.0. The van der Waals surface area contributed by atoms with Crippen molar-refractivity contribution in [2.75, 3.05) is 25.5 Å². The van der Waals surface area contributed by atoms with E-state index in [-0.39, 0.29) is 25.5 Å². The number of carbonyl (C=O) groups excluding carboxylic acids is 2. The fourth-order valence-corrected chi connectivity index (χ4v) is 3.22. The van der Waals surface area contributed by atoms with E-state index in [2.05, 4.69) is 5.32 Å². The van der Waals surface area contributed by atoms with E-state index < -0.39 is 52.2 Å². The lowest BCUT2D eigenvalue weighted by Gasteiger charge is -2.34. The van der Waals surface area contributed by atoms with Gasteiger partial charge in [-0.3, -0.25) is 8.98 Å². The van der Waals surface area contributed by atoms with Crippen LogP contribution in [-0.4, -0.2) is 74.4 Å². The monoisotopic (exact) mass is 427 g/mol. The molecule has 0 aliphatic carbocycles. The summed E-state index contributed by atoms with van der Waals surface area (Å²) in [5.74, 6) is -2.38. The fourth-order valence-electron chi connectivity index (χ4n) is 1.97. The van der Waals surface area contributed by atoms with E-state index in [1.54, 1.807) is 6.92 Å². The Hall–Kier alpha value is -1.92. The Bertz CT molecular complexity index is 631. The first-order valence-electron chi connectivity index (χ1n) is 8.69. The summed E-state index contributed by atoms with van der Waals surface area (Å²) in [5.41, 5.74) is -1.62. The summed E-state index contributed by atoms with van der Waals surface area (Å²) in [4.78, 5) is 33.5. The Kier molecular flexibility index (Phi) is 11.0. The molecule has 3 N–H and O–H groups in total. The number of aliphatic hydroxyl groups excluding tert-OH is 1. The highest BCUT2D eigenvalue weighted by Crippen LogP contribution is 2.30. The zero-order chi connectivity index (χ0) is 22.0. The van der Waals surface area contributed by atoms with Gasteiger partial charge in [0, 0.05) is 18.9 Å². The third kappa shape index (κ3) is 9.85. The lowest BCUT2D eigenvalue weighted by molar-refractivity contribution is -0.159. The van der Waals surface area contributed by atoms with Crippen LogP contribution in [0.5, 0.6) is 0 Å². The van der Waals surface area contributed by atoms with Crippen LogP contribution in [0.1, 0.15) is 40.5 Å². The summed E-state index contributed by atoms with van der Waals surface area (Å²) in [7, 11) is -4.17. The number of carboxylic acids is 1. The maximum absolute atomic E-state index is 12.2. The van der Waals surface area contributed by atoms with Gasteiger partial charge in [0.25, 0.3) is 10.1 Å². The van der Waals surface area contributed by atoms with Crippen molar-refractivity contribution < 1.29 is 46.7 Å². The number of ether oxygens (including phenoxy) is 2. The van der Waals surface area contributed by atoms with Gasteiger partial charge in [-0.1, -0.05) is 20.8 Å². The molecule has 0 aromatic heterocycles. The molecule has 0 fully saturated rings. The maximum atomic E-state index is 12.2. The first kappa shape index (κ1) is 26.1. The second-order valence-corrected chi connectivity index (χ2v) is 8.37. The van der Waals surface area contributed by atoms with E-state index >= 15 is 0 Å². The van der Waals surface area contributed by atoms with Crippen molar-refractivity contribution in [2.24, 2.45) is 5.41 Å². The van der Waals surface area contributed by atoms with Crippen molar-refractivity contribution >= 4 is 28.1 Å². The van der Waals surface area contributed by atoms with Gasteiger partial charge in [-0.05, 0) is 12.8 Å². The molecule has 28 heavy (non-hydrogen) atoms. The van der Waals surface area contributed by atoms with Crippen LogP contribution in [0.4, 0.5) is 4.79 Å². The van der Waals surface area contributed by atoms with Crippen LogP contribution in [0.3, 0.4) is 0 Å². The minimum absolute atomic E-state index is 0.0515. The Balaban J connectivity index is 5.18. The molecular weight excluding hydrogens is 398 g/mol. The van der Waals surface area contributed by atoms with Gasteiger partial charge in [0.1, 0.15) is 12.7 Å². The van der Waals surface area contributed by atoms with Gasteiger partial charge in [-0.25, -0.2) is 9.59 Å². The third-order valence-electron chi connectivity index (χ3n) is 3.75. The van der Waals surface area contributed by atoms with E-state index in [1.807, 2.05) is 0 Å². The predicted octanol–water partition coefficient (Wildman–Crippen LogP) is 0.263. The van der Waals surface area contributed by atoms with Crippen LogP contribution in [0.2, 0.25) is 0 Å². The first-order valence-corrected chi connectivity index (χ1v) is 10.3. The molecule has 0 bridgehead atoms. The Morgan fingerprint density at radius 1 is 1.18 bits per heavy atom. The molecular formula is C16H29NO10S. The van der Waals surface area contributed by atoms with Crippen LogP contribution in [0, 0.1) is 5.41 Å². The molecule has 2 atom stereocenters. The highest BCUT2D eigenvalue weighted by atomic mass is 32.2. The number of carbonyl (C=O) groups is 3. The molecule has 0 heterocycles. The number of carboxylic acid groups (broad SMARTS) is 1. The van der Waals surface area contributed by atoms with Crippen LogP contribution in [0.15, 0.2) is 0 Å². The largest absolute Gasteiger partial charge is 0.508 e. The van der Waals surface area contributed by atoms with Gasteiger partial charge in [-0.2, -0.15) is 8.42 Å². The molecule has 0 aliphatic heterocycles. The molecule has 0 spiro atoms. The van der Waals surface area contributed by atoms with Gasteiger partial charge in [-0.15, -0.1) is 0 Å². The van der Waals surface area contributed by atoms with Gasteiger partial charge in [0.15, 0.2) is 6.10 Å². The molecule has 1 amide bonds. The summed E-state index contributed by atoms with van der Waals surface area (Å²) in [6.45, 7) is 5.13. The quantitative estimate of drug-likeness (QED) is 0.211. The molecule has 1 unspecified atom stereocenters. The van der Waals surface area contributed by atoms with Crippen molar-refractivity contribution in [3.63, 3.8) is 0 Å². The SMILES string of the molecule is CCCOC(=O)OCC(OS(=O)(=O)CCCNC(C)=O)C(C)(C)[C@@H](O)C(=O)O. The highest BCUT2D eigenvalue weighted by molar-refractivity contribution is 7.86. The first-order chi connectivity index (χ1) is 12.8. The fraction of sp³-hybridized carbons (Fsp3) is 0.812. The number of nitrogens with one attached hydrogen (secondary N) is 1. The maximum Gasteiger partial charge on any atom is 0.508 e. The number of aliphatic hydroxyl groups is 1. The predicted molar refractivity (Wildman–Crippen MR) is 97.0 cm³/mol. The van der Waals surface area contributed by atoms with Gasteiger partial charge in [0.2, 0.25) is 5.91 Å². The van der Waals surface area contributed by atoms with Gasteiger partial charge >= 0.3 is 12.1 Å². The van der Waals surface area contributed by atoms with Crippen molar-refractivity contribution in [1.29, 1.82) is 0 Å². The summed E-state index contributed by atoms with van der Waals surface area (Å²) in [6, 6.07) is 0. The van der Waals surface area contributed by atoms with Crippen molar-refractivity contribution in [3.05, 3.63) is 0 Å². The topological polar surface area (TPSA) is 166 Å². The zero-order valence-electron chi connectivity index (χ0n) is 16.5. The molecule has 12 heteroatoms. The third-order valence-corrected chi connectivity index (χ3v) is 5.07. The number of hydrogen-bond donors (Lipinski definition) is 3. The Labute approximate surface area is 164 Å². The lowest BCUT2D eigenvalue weighted by Crippen LogP contribution is -2.49. The number of hydrogen-bond acceptors (Lipinski definition) is 9. The minimum Gasteiger partial charge on any atom is -0.479 e. The smallest absolute Gasteiger partial charge is 0.479 e. The number of aliphatic carboxylic acids is 1. The van der Waals surface area contributed by atoms with Crippen LogP contribution in [-0.2, 0) is 33.4 Å². The van der Waals surface area contributed by atoms with E-state index in [4.69, 9.17) is 18.8 Å². The molecule has 0 saturated heterocycles. The summed E-state index contributed by atoms with van der Waals surface area (Å²) in [5, 5.41) is 21.4. The van der Waals surface area contributed by atoms with Crippen LogP contribution >= 0.6 is 0 Å². The normalized spacial score (nSPS) is 14.0. The highest BCUT2D eigenvalue weighted by Gasteiger charge is 2.44. The zero-order valence-corrected chi connectivity index (χ0v) is 17.3. The number of amides is 1. The average Bonchev–Trinajstić information content (AvgIpc) is 2.59. The number of rotatable bonds is 13. The molecule has 11 nitrogen and oxygen atoms in total. The molecule has 0 radical (unpaired) electrons. The van der Waals surface area contributed by atoms with E-state index in [0.29, 0.717) is 6.42 Å². The summed E-state index contributed by atoms with van der Waals surface area (Å²) in [6.07, 6.45) is -3.95. The van der Waals surface area contributed by atoms with E-state index in [0.717, 1.165) is 0 Å². The second kappa shape index (κ2) is 11.8. The van der Waals surface area contributed by atoms with Crippen molar-refractivity contribution in [1.82, 2.24) is 5.32 Å². The molecule has 164 valence electrons. The molecule has 0 aromatic rings. The van der Waals surface area contributed by atoms with E-state index in [9.17, 15) is 27.9 Å². The van der Waals surface area contributed by atoms with Crippen molar-refractivity contribution in [3.8, 4) is 0 Å². The van der Waals surface area contributed by atoms with E-state index in [1.165, 1.54) is 20.8 Å². The van der Waals surface area contributed by atoms with Gasteiger partial charge < -0.3 is 25.0 Å². The molecule has 0 aromatic carbocycles. The van der Waals surface area contributed by atoms with Crippen LogP contribution < -0.4 is 5.32 Å². The summed E-state index contributed by atoms with van der Waals surface area (Å²) >= 11 is 0. The lowest BCUT2D eigenvalue weighted by atomic mass is 9.81. The second-order valence-electron chi connectivity index (χ2n) is 6.65. The Morgan fingerprint density at radius 2 is 1.79 bits per heavy atom. The van der Waals surface area contributed by atoms with Crippen molar-refractivity contribution in [2.45, 2.75) is 52.7 Å². The Morgan fingerprint density at radius 3 is 2.29 bits per heavy atom.